The Kier molecular flexibility index (Phi) is 7.84. The first-order chi connectivity index (χ1) is 10.1. The van der Waals surface area contributed by atoms with Crippen LogP contribution in [-0.4, -0.2) is 50.9 Å². The van der Waals surface area contributed by atoms with Crippen LogP contribution in [0.15, 0.2) is 29.5 Å². The van der Waals surface area contributed by atoms with E-state index in [1.807, 2.05) is 31.5 Å². The zero-order valence-electron chi connectivity index (χ0n) is 12.7. The predicted molar refractivity (Wildman–Crippen MR) is 85.9 cm³/mol. The maximum Gasteiger partial charge on any atom is 0.211 e. The van der Waals surface area contributed by atoms with Gasteiger partial charge in [0.2, 0.25) is 10.0 Å². The van der Waals surface area contributed by atoms with Gasteiger partial charge in [-0.1, -0.05) is 0 Å². The van der Waals surface area contributed by atoms with E-state index in [2.05, 4.69) is 24.9 Å². The molecule has 0 unspecified atom stereocenters. The predicted octanol–water partition coefficient (Wildman–Crippen LogP) is -0.0175. The minimum atomic E-state index is -3.14. The molecule has 7 nitrogen and oxygen atoms in total. The third-order valence-corrected chi connectivity index (χ3v) is 4.16. The van der Waals surface area contributed by atoms with Gasteiger partial charge in [0.1, 0.15) is 0 Å². The molecular formula is C13H25N5O2S. The average molecular weight is 315 g/mol. The number of nitrogens with zero attached hydrogens (tertiary/aromatic N) is 2. The second-order valence-corrected chi connectivity index (χ2v) is 6.50. The number of sulfonamides is 1. The van der Waals surface area contributed by atoms with Gasteiger partial charge in [-0.05, 0) is 26.0 Å². The van der Waals surface area contributed by atoms with Crippen LogP contribution in [0.3, 0.4) is 0 Å². The standard InChI is InChI=1S/C13H25N5O2S/c1-3-14-13(15-7-8-17-21(19,20)4-2)16-9-12-18-10-5-6-11-18/h5-6,10-11,17H,3-4,7-9,12H2,1-2H3,(H2,14,15,16). The summed E-state index contributed by atoms with van der Waals surface area (Å²) in [4.78, 5) is 4.33. The van der Waals surface area contributed by atoms with Crippen LogP contribution in [0, 0.1) is 0 Å². The summed E-state index contributed by atoms with van der Waals surface area (Å²) in [6.07, 6.45) is 4.01. The first kappa shape index (κ1) is 17.5. The molecule has 0 bridgehead atoms. The first-order valence-corrected chi connectivity index (χ1v) is 8.83. The molecule has 1 aromatic rings. The van der Waals surface area contributed by atoms with Gasteiger partial charge in [0, 0.05) is 38.6 Å². The van der Waals surface area contributed by atoms with E-state index in [9.17, 15) is 8.42 Å². The Balaban J connectivity index is 2.32. The van der Waals surface area contributed by atoms with E-state index in [-0.39, 0.29) is 5.75 Å². The van der Waals surface area contributed by atoms with E-state index in [0.717, 1.165) is 19.6 Å². The van der Waals surface area contributed by atoms with E-state index < -0.39 is 10.0 Å². The third-order valence-electron chi connectivity index (χ3n) is 2.76. The van der Waals surface area contributed by atoms with E-state index in [1.54, 1.807) is 6.92 Å². The number of hydrogen-bond acceptors (Lipinski definition) is 3. The van der Waals surface area contributed by atoms with Crippen molar-refractivity contribution in [3.8, 4) is 0 Å². The topological polar surface area (TPSA) is 87.5 Å². The highest BCUT2D eigenvalue weighted by Gasteiger charge is 2.04. The molecule has 120 valence electrons. The van der Waals surface area contributed by atoms with Crippen LogP contribution in [0.4, 0.5) is 0 Å². The number of aliphatic imine (C=N–C) groups is 1. The molecule has 0 amide bonds. The summed E-state index contributed by atoms with van der Waals surface area (Å²) in [5, 5.41) is 6.34. The van der Waals surface area contributed by atoms with Crippen molar-refractivity contribution in [1.29, 1.82) is 0 Å². The van der Waals surface area contributed by atoms with Gasteiger partial charge in [0.15, 0.2) is 5.96 Å². The number of aromatic nitrogens is 1. The van der Waals surface area contributed by atoms with Crippen LogP contribution in [-0.2, 0) is 16.6 Å². The maximum absolute atomic E-state index is 11.3. The molecule has 0 saturated carbocycles. The Morgan fingerprint density at radius 2 is 1.86 bits per heavy atom. The summed E-state index contributed by atoms with van der Waals surface area (Å²) in [6, 6.07) is 3.97. The van der Waals surface area contributed by atoms with Crippen molar-refractivity contribution in [3.63, 3.8) is 0 Å². The van der Waals surface area contributed by atoms with Crippen LogP contribution < -0.4 is 15.4 Å². The number of guanidine groups is 1. The Morgan fingerprint density at radius 3 is 2.48 bits per heavy atom. The molecule has 1 heterocycles. The summed E-state index contributed by atoms with van der Waals surface area (Å²) < 4.78 is 27.1. The zero-order chi connectivity index (χ0) is 15.6. The van der Waals surface area contributed by atoms with Gasteiger partial charge in [0.05, 0.1) is 12.3 Å². The third kappa shape index (κ3) is 7.72. The highest BCUT2D eigenvalue weighted by molar-refractivity contribution is 7.89. The number of nitrogens with one attached hydrogen (secondary N) is 3. The Bertz CT molecular complexity index is 511. The molecule has 0 aliphatic carbocycles. The number of rotatable bonds is 9. The van der Waals surface area contributed by atoms with E-state index in [0.29, 0.717) is 19.0 Å². The SMILES string of the molecule is CCNC(=NCCNS(=O)(=O)CC)NCCn1cccc1. The van der Waals surface area contributed by atoms with Crippen molar-refractivity contribution in [1.82, 2.24) is 19.9 Å². The van der Waals surface area contributed by atoms with Crippen LogP contribution >= 0.6 is 0 Å². The molecule has 1 rings (SSSR count). The van der Waals surface area contributed by atoms with Gasteiger partial charge in [-0.15, -0.1) is 0 Å². The van der Waals surface area contributed by atoms with Crippen LogP contribution in [0.2, 0.25) is 0 Å². The molecule has 0 aliphatic rings. The van der Waals surface area contributed by atoms with Crippen molar-refractivity contribution < 1.29 is 8.42 Å². The Labute approximate surface area is 126 Å². The second kappa shape index (κ2) is 9.41. The van der Waals surface area contributed by atoms with Crippen molar-refractivity contribution in [2.24, 2.45) is 4.99 Å². The normalized spacial score (nSPS) is 12.4. The fourth-order valence-electron chi connectivity index (χ4n) is 1.64. The molecule has 3 N–H and O–H groups in total. The van der Waals surface area contributed by atoms with Gasteiger partial charge in [0.25, 0.3) is 0 Å². The molecule has 0 fully saturated rings. The molecule has 0 aliphatic heterocycles. The summed E-state index contributed by atoms with van der Waals surface area (Å²) in [6.45, 7) is 6.67. The van der Waals surface area contributed by atoms with Crippen molar-refractivity contribution >= 4 is 16.0 Å². The highest BCUT2D eigenvalue weighted by atomic mass is 32.2. The fraction of sp³-hybridized carbons (Fsp3) is 0.615. The lowest BCUT2D eigenvalue weighted by Crippen LogP contribution is -2.39. The van der Waals surface area contributed by atoms with Crippen LogP contribution in [0.25, 0.3) is 0 Å². The maximum atomic E-state index is 11.3. The summed E-state index contributed by atoms with van der Waals surface area (Å²) in [7, 11) is -3.14. The summed E-state index contributed by atoms with van der Waals surface area (Å²) in [5.41, 5.74) is 0. The summed E-state index contributed by atoms with van der Waals surface area (Å²) in [5.74, 6) is 0.784. The second-order valence-electron chi connectivity index (χ2n) is 4.41. The molecule has 1 aromatic heterocycles. The molecule has 0 spiro atoms. The first-order valence-electron chi connectivity index (χ1n) is 7.17. The zero-order valence-corrected chi connectivity index (χ0v) is 13.5. The quantitative estimate of drug-likeness (QED) is 0.340. The molecule has 0 atom stereocenters. The molecular weight excluding hydrogens is 290 g/mol. The Morgan fingerprint density at radius 1 is 1.14 bits per heavy atom. The largest absolute Gasteiger partial charge is 0.357 e. The Hall–Kier alpha value is -1.54. The van der Waals surface area contributed by atoms with Gasteiger partial charge in [-0.3, -0.25) is 4.99 Å². The fourth-order valence-corrected chi connectivity index (χ4v) is 2.24. The van der Waals surface area contributed by atoms with Gasteiger partial charge in [-0.25, -0.2) is 13.1 Å². The smallest absolute Gasteiger partial charge is 0.211 e. The van der Waals surface area contributed by atoms with Gasteiger partial charge >= 0.3 is 0 Å². The van der Waals surface area contributed by atoms with E-state index in [1.165, 1.54) is 0 Å². The van der Waals surface area contributed by atoms with E-state index >= 15 is 0 Å². The lowest BCUT2D eigenvalue weighted by Gasteiger charge is -2.11. The number of hydrogen-bond donors (Lipinski definition) is 3. The van der Waals surface area contributed by atoms with Crippen molar-refractivity contribution in [2.45, 2.75) is 20.4 Å². The lowest BCUT2D eigenvalue weighted by atomic mass is 10.6. The van der Waals surface area contributed by atoms with Gasteiger partial charge in [-0.2, -0.15) is 0 Å². The molecule has 0 radical (unpaired) electrons. The van der Waals surface area contributed by atoms with Gasteiger partial charge < -0.3 is 15.2 Å². The minimum absolute atomic E-state index is 0.0892. The average Bonchev–Trinajstić information content (AvgIpc) is 2.97. The highest BCUT2D eigenvalue weighted by Crippen LogP contribution is 1.88. The molecule has 21 heavy (non-hydrogen) atoms. The molecule has 8 heteroatoms. The summed E-state index contributed by atoms with van der Waals surface area (Å²) >= 11 is 0. The van der Waals surface area contributed by atoms with E-state index in [4.69, 9.17) is 0 Å². The molecule has 0 saturated heterocycles. The minimum Gasteiger partial charge on any atom is -0.357 e. The van der Waals surface area contributed by atoms with Crippen LogP contribution in [0.5, 0.6) is 0 Å². The monoisotopic (exact) mass is 315 g/mol. The lowest BCUT2D eigenvalue weighted by molar-refractivity contribution is 0.583. The van der Waals surface area contributed by atoms with Crippen molar-refractivity contribution in [3.05, 3.63) is 24.5 Å². The molecule has 0 aromatic carbocycles. The van der Waals surface area contributed by atoms with Crippen LogP contribution in [0.1, 0.15) is 13.8 Å². The van der Waals surface area contributed by atoms with Crippen molar-refractivity contribution in [2.75, 3.05) is 31.9 Å².